The lowest BCUT2D eigenvalue weighted by Crippen LogP contribution is -2.14. The van der Waals surface area contributed by atoms with E-state index in [1.807, 2.05) is 12.1 Å². The summed E-state index contributed by atoms with van der Waals surface area (Å²) >= 11 is 0. The number of amides is 1. The van der Waals surface area contributed by atoms with Crippen LogP contribution in [0.5, 0.6) is 5.88 Å². The van der Waals surface area contributed by atoms with E-state index < -0.39 is 0 Å². The molecule has 1 saturated carbocycles. The number of hydrogen-bond acceptors (Lipinski definition) is 4. The first-order chi connectivity index (χ1) is 8.76. The largest absolute Gasteiger partial charge is 0.481 e. The quantitative estimate of drug-likeness (QED) is 0.895. The van der Waals surface area contributed by atoms with Crippen molar-refractivity contribution >= 4 is 22.8 Å². The van der Waals surface area contributed by atoms with Crippen LogP contribution in [0.3, 0.4) is 0 Å². The Bertz CT molecular complexity index is 608. The van der Waals surface area contributed by atoms with Gasteiger partial charge < -0.3 is 10.1 Å². The molecule has 0 atom stereocenters. The molecule has 0 aromatic carbocycles. The Kier molecular flexibility index (Phi) is 2.59. The van der Waals surface area contributed by atoms with Crippen LogP contribution >= 0.6 is 0 Å². The molecular formula is C13H13N3O2. The molecule has 92 valence electrons. The Morgan fingerprint density at radius 3 is 2.78 bits per heavy atom. The number of carbonyl (C=O) groups is 1. The maximum Gasteiger partial charge on any atom is 0.228 e. The van der Waals surface area contributed by atoms with Gasteiger partial charge in [0.1, 0.15) is 5.82 Å². The second-order valence-electron chi connectivity index (χ2n) is 4.36. The van der Waals surface area contributed by atoms with Gasteiger partial charge in [0.2, 0.25) is 11.8 Å². The van der Waals surface area contributed by atoms with Gasteiger partial charge in [0.15, 0.2) is 5.65 Å². The third-order valence-electron chi connectivity index (χ3n) is 2.94. The van der Waals surface area contributed by atoms with Crippen molar-refractivity contribution in [2.45, 2.75) is 12.8 Å². The molecule has 0 aliphatic heterocycles. The fourth-order valence-corrected chi connectivity index (χ4v) is 1.74. The number of fused-ring (bicyclic) bond motifs is 1. The molecule has 1 aliphatic carbocycles. The number of nitrogens with one attached hydrogen (secondary N) is 1. The molecule has 0 unspecified atom stereocenters. The second-order valence-corrected chi connectivity index (χ2v) is 4.36. The van der Waals surface area contributed by atoms with Crippen LogP contribution in [-0.4, -0.2) is 23.0 Å². The highest BCUT2D eigenvalue weighted by atomic mass is 16.5. The minimum atomic E-state index is 0.0461. The van der Waals surface area contributed by atoms with Gasteiger partial charge in [-0.1, -0.05) is 0 Å². The van der Waals surface area contributed by atoms with Gasteiger partial charge >= 0.3 is 0 Å². The predicted molar refractivity (Wildman–Crippen MR) is 67.4 cm³/mol. The maximum atomic E-state index is 11.6. The van der Waals surface area contributed by atoms with Crippen molar-refractivity contribution in [2.24, 2.45) is 5.92 Å². The molecule has 1 N–H and O–H groups in total. The number of pyridine rings is 2. The Labute approximate surface area is 104 Å². The molecule has 1 amide bonds. The lowest BCUT2D eigenvalue weighted by Gasteiger charge is -2.05. The Morgan fingerprint density at radius 1 is 1.28 bits per heavy atom. The lowest BCUT2D eigenvalue weighted by molar-refractivity contribution is -0.117. The molecule has 0 radical (unpaired) electrons. The summed E-state index contributed by atoms with van der Waals surface area (Å²) in [6.07, 6.45) is 1.96. The Balaban J connectivity index is 1.90. The van der Waals surface area contributed by atoms with Crippen molar-refractivity contribution in [3.8, 4) is 5.88 Å². The molecule has 0 bridgehead atoms. The molecule has 5 nitrogen and oxygen atoms in total. The number of nitrogens with zero attached hydrogens (tertiary/aromatic N) is 2. The highest BCUT2D eigenvalue weighted by Crippen LogP contribution is 2.30. The van der Waals surface area contributed by atoms with Crippen molar-refractivity contribution in [3.63, 3.8) is 0 Å². The minimum Gasteiger partial charge on any atom is -0.481 e. The molecule has 2 aromatic heterocycles. The van der Waals surface area contributed by atoms with E-state index in [1.165, 1.54) is 0 Å². The zero-order chi connectivity index (χ0) is 12.5. The number of ether oxygens (including phenoxy) is 1. The highest BCUT2D eigenvalue weighted by Gasteiger charge is 2.29. The number of methoxy groups -OCH3 is 1. The summed E-state index contributed by atoms with van der Waals surface area (Å²) in [6.45, 7) is 0. The summed E-state index contributed by atoms with van der Waals surface area (Å²) in [4.78, 5) is 20.2. The molecule has 2 aromatic rings. The van der Waals surface area contributed by atoms with Gasteiger partial charge in [-0.05, 0) is 31.0 Å². The van der Waals surface area contributed by atoms with Crippen molar-refractivity contribution in [3.05, 3.63) is 24.3 Å². The summed E-state index contributed by atoms with van der Waals surface area (Å²) < 4.78 is 5.05. The van der Waals surface area contributed by atoms with Crippen LogP contribution in [0, 0.1) is 5.92 Å². The van der Waals surface area contributed by atoms with Crippen LogP contribution in [0.4, 0.5) is 5.82 Å². The van der Waals surface area contributed by atoms with Crippen molar-refractivity contribution in [2.75, 3.05) is 12.4 Å². The normalized spacial score (nSPS) is 14.5. The standard InChI is InChI=1S/C13H13N3O2/c1-18-11-7-5-8-4-6-10(14-12(8)16-11)15-13(17)9-2-3-9/h4-7,9H,2-3H2,1H3,(H,14,15,16,17). The van der Waals surface area contributed by atoms with Crippen LogP contribution in [0.25, 0.3) is 11.0 Å². The highest BCUT2D eigenvalue weighted by molar-refractivity contribution is 5.94. The third-order valence-corrected chi connectivity index (χ3v) is 2.94. The first-order valence-electron chi connectivity index (χ1n) is 5.89. The van der Waals surface area contributed by atoms with Gasteiger partial charge in [0.25, 0.3) is 0 Å². The average molecular weight is 243 g/mol. The number of rotatable bonds is 3. The third kappa shape index (κ3) is 2.11. The van der Waals surface area contributed by atoms with Crippen LogP contribution in [0.15, 0.2) is 24.3 Å². The minimum absolute atomic E-state index is 0.0461. The van der Waals surface area contributed by atoms with Crippen LogP contribution < -0.4 is 10.1 Å². The van der Waals surface area contributed by atoms with E-state index in [1.54, 1.807) is 19.2 Å². The summed E-state index contributed by atoms with van der Waals surface area (Å²) in [5.41, 5.74) is 0.572. The van der Waals surface area contributed by atoms with Gasteiger partial charge in [0, 0.05) is 17.4 Å². The van der Waals surface area contributed by atoms with Gasteiger partial charge in [-0.2, -0.15) is 4.98 Å². The fraction of sp³-hybridized carbons (Fsp3) is 0.308. The van der Waals surface area contributed by atoms with Crippen molar-refractivity contribution < 1.29 is 9.53 Å². The van der Waals surface area contributed by atoms with E-state index in [2.05, 4.69) is 15.3 Å². The molecule has 1 aliphatic rings. The predicted octanol–water partition coefficient (Wildman–Crippen LogP) is 1.99. The topological polar surface area (TPSA) is 64.1 Å². The molecule has 3 rings (SSSR count). The summed E-state index contributed by atoms with van der Waals surface area (Å²) in [7, 11) is 1.56. The van der Waals surface area contributed by atoms with E-state index in [0.717, 1.165) is 18.2 Å². The summed E-state index contributed by atoms with van der Waals surface area (Å²) in [6, 6.07) is 7.35. The van der Waals surface area contributed by atoms with Crippen LogP contribution in [0.2, 0.25) is 0 Å². The monoisotopic (exact) mass is 243 g/mol. The number of carbonyl (C=O) groups excluding carboxylic acids is 1. The molecular weight excluding hydrogens is 230 g/mol. The summed E-state index contributed by atoms with van der Waals surface area (Å²) in [5.74, 6) is 1.27. The Hall–Kier alpha value is -2.17. The number of aromatic nitrogens is 2. The average Bonchev–Trinajstić information content (AvgIpc) is 3.22. The maximum absolute atomic E-state index is 11.6. The second kappa shape index (κ2) is 4.25. The smallest absolute Gasteiger partial charge is 0.228 e. The van der Waals surface area contributed by atoms with E-state index in [4.69, 9.17) is 4.74 Å². The van der Waals surface area contributed by atoms with E-state index in [-0.39, 0.29) is 11.8 Å². The van der Waals surface area contributed by atoms with E-state index in [0.29, 0.717) is 17.3 Å². The van der Waals surface area contributed by atoms with Crippen LogP contribution in [-0.2, 0) is 4.79 Å². The molecule has 0 saturated heterocycles. The van der Waals surface area contributed by atoms with Gasteiger partial charge in [-0.25, -0.2) is 4.98 Å². The zero-order valence-electron chi connectivity index (χ0n) is 10.0. The van der Waals surface area contributed by atoms with Crippen molar-refractivity contribution in [1.82, 2.24) is 9.97 Å². The first kappa shape index (κ1) is 11.0. The van der Waals surface area contributed by atoms with Gasteiger partial charge in [-0.15, -0.1) is 0 Å². The van der Waals surface area contributed by atoms with E-state index >= 15 is 0 Å². The molecule has 5 heteroatoms. The summed E-state index contributed by atoms with van der Waals surface area (Å²) in [5, 5.41) is 3.72. The first-order valence-corrected chi connectivity index (χ1v) is 5.89. The van der Waals surface area contributed by atoms with Gasteiger partial charge in [0.05, 0.1) is 7.11 Å². The van der Waals surface area contributed by atoms with E-state index in [9.17, 15) is 4.79 Å². The lowest BCUT2D eigenvalue weighted by atomic mass is 10.3. The molecule has 2 heterocycles. The number of anilines is 1. The van der Waals surface area contributed by atoms with Gasteiger partial charge in [-0.3, -0.25) is 4.79 Å². The molecule has 1 fully saturated rings. The SMILES string of the molecule is COc1ccc2ccc(NC(=O)C3CC3)nc2n1. The molecule has 18 heavy (non-hydrogen) atoms. The number of hydrogen-bond donors (Lipinski definition) is 1. The Morgan fingerprint density at radius 2 is 2.06 bits per heavy atom. The van der Waals surface area contributed by atoms with Crippen LogP contribution in [0.1, 0.15) is 12.8 Å². The molecule has 0 spiro atoms. The fourth-order valence-electron chi connectivity index (χ4n) is 1.74. The zero-order valence-corrected chi connectivity index (χ0v) is 10.0. The van der Waals surface area contributed by atoms with Crippen molar-refractivity contribution in [1.29, 1.82) is 0 Å².